The molecular formula is C13H26N2O2. The highest BCUT2D eigenvalue weighted by atomic mass is 16.7. The zero-order chi connectivity index (χ0) is 12.5. The van der Waals surface area contributed by atoms with Crippen molar-refractivity contribution in [3.63, 3.8) is 0 Å². The molecule has 0 aromatic rings. The van der Waals surface area contributed by atoms with Crippen LogP contribution in [0, 0.1) is 0 Å². The number of hydrazine groups is 1. The fourth-order valence-electron chi connectivity index (χ4n) is 2.65. The lowest BCUT2D eigenvalue weighted by Crippen LogP contribution is -2.59. The van der Waals surface area contributed by atoms with Gasteiger partial charge >= 0.3 is 0 Å². The van der Waals surface area contributed by atoms with Gasteiger partial charge in [0.2, 0.25) is 0 Å². The predicted molar refractivity (Wildman–Crippen MR) is 67.5 cm³/mol. The second kappa shape index (κ2) is 5.22. The number of nitrogens with one attached hydrogen (secondary N) is 1. The van der Waals surface area contributed by atoms with Crippen LogP contribution in [0.2, 0.25) is 0 Å². The molecule has 17 heavy (non-hydrogen) atoms. The zero-order valence-electron chi connectivity index (χ0n) is 11.5. The third-order valence-electron chi connectivity index (χ3n) is 3.79. The number of ether oxygens (including phenoxy) is 2. The summed E-state index contributed by atoms with van der Waals surface area (Å²) in [6, 6.07) is 1.49. The molecule has 2 saturated heterocycles. The Morgan fingerprint density at radius 1 is 1.06 bits per heavy atom. The average molecular weight is 242 g/mol. The van der Waals surface area contributed by atoms with Crippen molar-refractivity contribution in [3.8, 4) is 0 Å². The highest BCUT2D eigenvalue weighted by Gasteiger charge is 2.32. The minimum Gasteiger partial charge on any atom is -0.349 e. The van der Waals surface area contributed by atoms with E-state index in [1.54, 1.807) is 0 Å². The molecule has 0 saturated carbocycles. The lowest BCUT2D eigenvalue weighted by atomic mass is 10.00. The van der Waals surface area contributed by atoms with E-state index in [1.807, 2.05) is 13.8 Å². The van der Waals surface area contributed by atoms with Crippen LogP contribution in [0.25, 0.3) is 0 Å². The zero-order valence-corrected chi connectivity index (χ0v) is 11.5. The van der Waals surface area contributed by atoms with Crippen LogP contribution >= 0.6 is 0 Å². The van der Waals surface area contributed by atoms with Crippen LogP contribution in [0.5, 0.6) is 0 Å². The maximum Gasteiger partial charge on any atom is 0.162 e. The summed E-state index contributed by atoms with van der Waals surface area (Å²) in [5.74, 6) is -0.419. The highest BCUT2D eigenvalue weighted by molar-refractivity contribution is 4.80. The molecule has 1 N–H and O–H groups in total. The van der Waals surface area contributed by atoms with Crippen LogP contribution in [0.3, 0.4) is 0 Å². The van der Waals surface area contributed by atoms with E-state index in [0.29, 0.717) is 12.1 Å². The van der Waals surface area contributed by atoms with Gasteiger partial charge < -0.3 is 9.47 Å². The van der Waals surface area contributed by atoms with Gasteiger partial charge in [0.1, 0.15) is 0 Å². The Balaban J connectivity index is 1.84. The van der Waals surface area contributed by atoms with Crippen LogP contribution in [0.1, 0.15) is 47.0 Å². The van der Waals surface area contributed by atoms with Gasteiger partial charge in [-0.1, -0.05) is 6.42 Å². The second-order valence-electron chi connectivity index (χ2n) is 5.88. The summed E-state index contributed by atoms with van der Waals surface area (Å²) in [7, 11) is 0. The molecule has 2 heterocycles. The fourth-order valence-corrected chi connectivity index (χ4v) is 2.65. The first-order chi connectivity index (χ1) is 7.98. The lowest BCUT2D eigenvalue weighted by Gasteiger charge is -2.43. The number of hydrogen-bond donors (Lipinski definition) is 1. The van der Waals surface area contributed by atoms with E-state index in [9.17, 15) is 0 Å². The van der Waals surface area contributed by atoms with Crippen molar-refractivity contribution in [2.24, 2.45) is 0 Å². The van der Waals surface area contributed by atoms with Gasteiger partial charge in [0.25, 0.3) is 0 Å². The molecule has 2 atom stereocenters. The van der Waals surface area contributed by atoms with Crippen molar-refractivity contribution in [2.75, 3.05) is 13.2 Å². The summed E-state index contributed by atoms with van der Waals surface area (Å²) in [6.07, 6.45) is 3.89. The molecule has 2 fully saturated rings. The van der Waals surface area contributed by atoms with Crippen LogP contribution in [0.4, 0.5) is 0 Å². The summed E-state index contributed by atoms with van der Waals surface area (Å²) in [5, 5.41) is 2.39. The van der Waals surface area contributed by atoms with Gasteiger partial charge in [0, 0.05) is 12.1 Å². The van der Waals surface area contributed by atoms with Crippen LogP contribution in [0.15, 0.2) is 0 Å². The van der Waals surface area contributed by atoms with E-state index >= 15 is 0 Å². The predicted octanol–water partition coefficient (Wildman–Crippen LogP) is 1.91. The smallest absolute Gasteiger partial charge is 0.162 e. The number of piperidine rings is 1. The largest absolute Gasteiger partial charge is 0.349 e. The number of hydrogen-bond acceptors (Lipinski definition) is 4. The maximum absolute atomic E-state index is 5.68. The molecule has 0 amide bonds. The monoisotopic (exact) mass is 242 g/mol. The van der Waals surface area contributed by atoms with Crippen molar-refractivity contribution < 1.29 is 9.47 Å². The molecule has 4 nitrogen and oxygen atoms in total. The summed E-state index contributed by atoms with van der Waals surface area (Å²) in [4.78, 5) is 0. The van der Waals surface area contributed by atoms with Gasteiger partial charge in [0.15, 0.2) is 5.79 Å². The quantitative estimate of drug-likeness (QED) is 0.802. The molecule has 4 heteroatoms. The van der Waals surface area contributed by atoms with E-state index in [-0.39, 0.29) is 6.04 Å². The Morgan fingerprint density at radius 3 is 2.12 bits per heavy atom. The van der Waals surface area contributed by atoms with Gasteiger partial charge in [-0.25, -0.2) is 10.4 Å². The second-order valence-corrected chi connectivity index (χ2v) is 5.88. The fraction of sp³-hybridized carbons (Fsp3) is 1.00. The van der Waals surface area contributed by atoms with Crippen LogP contribution in [-0.4, -0.2) is 42.1 Å². The Kier molecular flexibility index (Phi) is 4.08. The standard InChI is InChI=1S/C13H26N2O2/c1-10-6-5-7-11(2)15(10)14-12-8-16-13(3,4)17-9-12/h10-12,14H,5-9H2,1-4H3. The highest BCUT2D eigenvalue weighted by Crippen LogP contribution is 2.22. The molecule has 0 bridgehead atoms. The lowest BCUT2D eigenvalue weighted by molar-refractivity contribution is -0.258. The first kappa shape index (κ1) is 13.3. The molecule has 2 rings (SSSR count). The molecule has 2 unspecified atom stereocenters. The van der Waals surface area contributed by atoms with Gasteiger partial charge in [0.05, 0.1) is 19.3 Å². The Labute approximate surface area is 105 Å². The maximum atomic E-state index is 5.68. The molecule has 0 spiro atoms. The minimum absolute atomic E-state index is 0.283. The van der Waals surface area contributed by atoms with E-state index < -0.39 is 5.79 Å². The molecule has 0 aromatic heterocycles. The molecule has 0 aliphatic carbocycles. The number of nitrogens with zero attached hydrogens (tertiary/aromatic N) is 1. The first-order valence-corrected chi connectivity index (χ1v) is 6.80. The van der Waals surface area contributed by atoms with Crippen LogP contribution in [-0.2, 0) is 9.47 Å². The van der Waals surface area contributed by atoms with Gasteiger partial charge in [-0.2, -0.15) is 0 Å². The van der Waals surface area contributed by atoms with E-state index in [2.05, 4.69) is 24.3 Å². The summed E-state index contributed by atoms with van der Waals surface area (Å²) in [5.41, 5.74) is 3.58. The Morgan fingerprint density at radius 2 is 1.59 bits per heavy atom. The SMILES string of the molecule is CC1CCCC(C)N1NC1COC(C)(C)OC1. The normalized spacial score (nSPS) is 36.0. The third kappa shape index (κ3) is 3.41. The molecular weight excluding hydrogens is 216 g/mol. The topological polar surface area (TPSA) is 33.7 Å². The van der Waals surface area contributed by atoms with E-state index in [4.69, 9.17) is 9.47 Å². The van der Waals surface area contributed by atoms with Crippen molar-refractivity contribution in [2.45, 2.75) is 70.9 Å². The molecule has 0 aromatic carbocycles. The summed E-state index contributed by atoms with van der Waals surface area (Å²) in [6.45, 7) is 9.96. The third-order valence-corrected chi connectivity index (χ3v) is 3.79. The van der Waals surface area contributed by atoms with Crippen LogP contribution < -0.4 is 5.43 Å². The minimum atomic E-state index is -0.419. The summed E-state index contributed by atoms with van der Waals surface area (Å²) < 4.78 is 11.4. The van der Waals surface area contributed by atoms with Gasteiger partial charge in [-0.15, -0.1) is 0 Å². The molecule has 0 radical (unpaired) electrons. The van der Waals surface area contributed by atoms with E-state index in [0.717, 1.165) is 13.2 Å². The van der Waals surface area contributed by atoms with Crippen molar-refractivity contribution >= 4 is 0 Å². The number of rotatable bonds is 2. The van der Waals surface area contributed by atoms with Crippen molar-refractivity contribution in [1.29, 1.82) is 0 Å². The van der Waals surface area contributed by atoms with E-state index in [1.165, 1.54) is 19.3 Å². The van der Waals surface area contributed by atoms with Crippen molar-refractivity contribution in [1.82, 2.24) is 10.4 Å². The summed E-state index contributed by atoms with van der Waals surface area (Å²) >= 11 is 0. The molecule has 2 aliphatic rings. The van der Waals surface area contributed by atoms with Gasteiger partial charge in [-0.05, 0) is 40.5 Å². The molecule has 100 valence electrons. The Hall–Kier alpha value is -0.160. The van der Waals surface area contributed by atoms with Crippen molar-refractivity contribution in [3.05, 3.63) is 0 Å². The average Bonchev–Trinajstić information content (AvgIpc) is 2.26. The molecule has 2 aliphatic heterocycles. The van der Waals surface area contributed by atoms with Gasteiger partial charge in [-0.3, -0.25) is 0 Å². The first-order valence-electron chi connectivity index (χ1n) is 6.80. The Bertz CT molecular complexity index is 238.